The maximum atomic E-state index is 13.1. The quantitative estimate of drug-likeness (QED) is 0.833. The molecule has 0 saturated carbocycles. The van der Waals surface area contributed by atoms with E-state index in [1.165, 1.54) is 6.07 Å². The maximum absolute atomic E-state index is 13.1. The molecule has 0 fully saturated rings. The molecule has 0 aliphatic heterocycles. The first-order chi connectivity index (χ1) is 8.56. The van der Waals surface area contributed by atoms with Crippen molar-refractivity contribution in [3.63, 3.8) is 0 Å². The van der Waals surface area contributed by atoms with Crippen molar-refractivity contribution in [1.29, 1.82) is 0 Å². The highest BCUT2D eigenvalue weighted by molar-refractivity contribution is 5.41. The first kappa shape index (κ1) is 12.4. The molecule has 18 heavy (non-hydrogen) atoms. The Kier molecular flexibility index (Phi) is 3.51. The van der Waals surface area contributed by atoms with Crippen LogP contribution in [0.5, 0.6) is 5.75 Å². The third-order valence-corrected chi connectivity index (χ3v) is 2.82. The van der Waals surface area contributed by atoms with Gasteiger partial charge in [0, 0.05) is 5.69 Å². The molecule has 0 bridgehead atoms. The number of nitrogen functional groups attached to an aromatic ring is 1. The van der Waals surface area contributed by atoms with Crippen LogP contribution in [-0.4, -0.2) is 0 Å². The SMILES string of the molecule is Cc1cc(OC(C)c2cccc(N)c2)ccc1F. The largest absolute Gasteiger partial charge is 0.486 e. The number of aryl methyl sites for hydroxylation is 1. The van der Waals surface area contributed by atoms with Gasteiger partial charge in [-0.05, 0) is 55.3 Å². The molecule has 2 aromatic rings. The van der Waals surface area contributed by atoms with Gasteiger partial charge in [-0.15, -0.1) is 0 Å². The summed E-state index contributed by atoms with van der Waals surface area (Å²) >= 11 is 0. The number of hydrogen-bond acceptors (Lipinski definition) is 2. The third kappa shape index (κ3) is 2.80. The lowest BCUT2D eigenvalue weighted by Gasteiger charge is -2.16. The normalized spacial score (nSPS) is 12.2. The van der Waals surface area contributed by atoms with E-state index in [-0.39, 0.29) is 11.9 Å². The van der Waals surface area contributed by atoms with Gasteiger partial charge in [-0.3, -0.25) is 0 Å². The van der Waals surface area contributed by atoms with Crippen molar-refractivity contribution in [2.24, 2.45) is 0 Å². The highest BCUT2D eigenvalue weighted by Crippen LogP contribution is 2.24. The monoisotopic (exact) mass is 245 g/mol. The number of nitrogens with two attached hydrogens (primary N) is 1. The van der Waals surface area contributed by atoms with E-state index in [1.807, 2.05) is 31.2 Å². The van der Waals surface area contributed by atoms with Gasteiger partial charge < -0.3 is 10.5 Å². The van der Waals surface area contributed by atoms with Gasteiger partial charge in [0.25, 0.3) is 0 Å². The summed E-state index contributed by atoms with van der Waals surface area (Å²) in [5.41, 5.74) is 8.01. The van der Waals surface area contributed by atoms with Gasteiger partial charge in [-0.1, -0.05) is 12.1 Å². The van der Waals surface area contributed by atoms with Crippen molar-refractivity contribution < 1.29 is 9.13 Å². The van der Waals surface area contributed by atoms with Crippen molar-refractivity contribution in [3.05, 3.63) is 59.4 Å². The van der Waals surface area contributed by atoms with Crippen LogP contribution in [0.4, 0.5) is 10.1 Å². The summed E-state index contributed by atoms with van der Waals surface area (Å²) in [5.74, 6) is 0.433. The van der Waals surface area contributed by atoms with Crippen molar-refractivity contribution in [3.8, 4) is 5.75 Å². The highest BCUT2D eigenvalue weighted by atomic mass is 19.1. The lowest BCUT2D eigenvalue weighted by Crippen LogP contribution is -2.04. The fourth-order valence-electron chi connectivity index (χ4n) is 1.77. The van der Waals surface area contributed by atoms with Gasteiger partial charge >= 0.3 is 0 Å². The van der Waals surface area contributed by atoms with Crippen LogP contribution in [0.25, 0.3) is 0 Å². The van der Waals surface area contributed by atoms with Crippen LogP contribution in [0.15, 0.2) is 42.5 Å². The van der Waals surface area contributed by atoms with Crippen LogP contribution in [0.1, 0.15) is 24.2 Å². The molecule has 2 aromatic carbocycles. The predicted octanol–water partition coefficient (Wildman–Crippen LogP) is 3.86. The van der Waals surface area contributed by atoms with Crippen molar-refractivity contribution in [2.45, 2.75) is 20.0 Å². The zero-order chi connectivity index (χ0) is 13.1. The second kappa shape index (κ2) is 5.08. The number of ether oxygens (including phenoxy) is 1. The van der Waals surface area contributed by atoms with Gasteiger partial charge in [0.15, 0.2) is 0 Å². The Morgan fingerprint density at radius 2 is 1.94 bits per heavy atom. The Hall–Kier alpha value is -2.03. The molecule has 1 atom stereocenters. The summed E-state index contributed by atoms with van der Waals surface area (Å²) in [5, 5.41) is 0. The number of benzene rings is 2. The minimum absolute atomic E-state index is 0.127. The summed E-state index contributed by atoms with van der Waals surface area (Å²) in [6.45, 7) is 3.65. The van der Waals surface area contributed by atoms with E-state index in [0.717, 1.165) is 5.56 Å². The molecule has 2 N–H and O–H groups in total. The molecule has 94 valence electrons. The molecule has 2 nitrogen and oxygen atoms in total. The summed E-state index contributed by atoms with van der Waals surface area (Å²) in [6.07, 6.45) is -0.127. The average Bonchev–Trinajstić information content (AvgIpc) is 2.34. The summed E-state index contributed by atoms with van der Waals surface area (Å²) in [7, 11) is 0. The van der Waals surface area contributed by atoms with E-state index in [4.69, 9.17) is 10.5 Å². The fraction of sp³-hybridized carbons (Fsp3) is 0.200. The van der Waals surface area contributed by atoms with Crippen LogP contribution in [0.2, 0.25) is 0 Å². The van der Waals surface area contributed by atoms with E-state index >= 15 is 0 Å². The molecule has 0 saturated heterocycles. The lowest BCUT2D eigenvalue weighted by atomic mass is 10.1. The molecule has 0 spiro atoms. The van der Waals surface area contributed by atoms with E-state index in [0.29, 0.717) is 17.0 Å². The molecular weight excluding hydrogens is 229 g/mol. The molecule has 2 rings (SSSR count). The molecule has 0 heterocycles. The zero-order valence-corrected chi connectivity index (χ0v) is 10.5. The highest BCUT2D eigenvalue weighted by Gasteiger charge is 2.08. The second-order valence-electron chi connectivity index (χ2n) is 4.34. The van der Waals surface area contributed by atoms with Gasteiger partial charge in [0.05, 0.1) is 0 Å². The third-order valence-electron chi connectivity index (χ3n) is 2.82. The summed E-state index contributed by atoms with van der Waals surface area (Å²) in [4.78, 5) is 0. The van der Waals surface area contributed by atoms with E-state index in [2.05, 4.69) is 0 Å². The van der Waals surface area contributed by atoms with E-state index in [1.54, 1.807) is 19.1 Å². The minimum Gasteiger partial charge on any atom is -0.486 e. The van der Waals surface area contributed by atoms with E-state index < -0.39 is 0 Å². The fourth-order valence-corrected chi connectivity index (χ4v) is 1.77. The molecule has 0 amide bonds. The number of anilines is 1. The Morgan fingerprint density at radius 3 is 2.61 bits per heavy atom. The Morgan fingerprint density at radius 1 is 1.17 bits per heavy atom. The van der Waals surface area contributed by atoms with Crippen LogP contribution in [0.3, 0.4) is 0 Å². The molecule has 0 radical (unpaired) electrons. The van der Waals surface area contributed by atoms with Crippen molar-refractivity contribution in [1.82, 2.24) is 0 Å². The lowest BCUT2D eigenvalue weighted by molar-refractivity contribution is 0.226. The first-order valence-corrected chi connectivity index (χ1v) is 5.84. The average molecular weight is 245 g/mol. The Labute approximate surface area is 106 Å². The van der Waals surface area contributed by atoms with Gasteiger partial charge in [0.2, 0.25) is 0 Å². The Bertz CT molecular complexity index is 554. The van der Waals surface area contributed by atoms with Gasteiger partial charge in [-0.2, -0.15) is 0 Å². The van der Waals surface area contributed by atoms with Gasteiger partial charge in [0.1, 0.15) is 17.7 Å². The molecule has 1 unspecified atom stereocenters. The molecule has 3 heteroatoms. The smallest absolute Gasteiger partial charge is 0.126 e. The Balaban J connectivity index is 2.16. The summed E-state index contributed by atoms with van der Waals surface area (Å²) in [6, 6.07) is 12.3. The number of rotatable bonds is 3. The molecule has 0 aliphatic rings. The summed E-state index contributed by atoms with van der Waals surface area (Å²) < 4.78 is 18.9. The molecule has 0 aliphatic carbocycles. The van der Waals surface area contributed by atoms with E-state index in [9.17, 15) is 4.39 Å². The number of hydrogen-bond donors (Lipinski definition) is 1. The zero-order valence-electron chi connectivity index (χ0n) is 10.5. The maximum Gasteiger partial charge on any atom is 0.126 e. The van der Waals surface area contributed by atoms with Crippen LogP contribution in [-0.2, 0) is 0 Å². The van der Waals surface area contributed by atoms with Crippen molar-refractivity contribution in [2.75, 3.05) is 5.73 Å². The predicted molar refractivity (Wildman–Crippen MR) is 71.0 cm³/mol. The molecular formula is C15H16FNO. The molecule has 0 aromatic heterocycles. The van der Waals surface area contributed by atoms with Crippen LogP contribution >= 0.6 is 0 Å². The number of halogens is 1. The van der Waals surface area contributed by atoms with Crippen LogP contribution < -0.4 is 10.5 Å². The second-order valence-corrected chi connectivity index (χ2v) is 4.34. The van der Waals surface area contributed by atoms with Crippen molar-refractivity contribution >= 4 is 5.69 Å². The van der Waals surface area contributed by atoms with Gasteiger partial charge in [-0.25, -0.2) is 4.39 Å². The van der Waals surface area contributed by atoms with Crippen LogP contribution in [0, 0.1) is 12.7 Å². The minimum atomic E-state index is -0.223. The first-order valence-electron chi connectivity index (χ1n) is 5.84. The topological polar surface area (TPSA) is 35.2 Å². The standard InChI is InChI=1S/C15H16FNO/c1-10-8-14(6-7-15(10)16)18-11(2)12-4-3-5-13(17)9-12/h3-9,11H,17H2,1-2H3.